The number of nitrogens with zero attached hydrogens (tertiary/aromatic N) is 4. The average molecular weight is 398 g/mol. The largest absolute Gasteiger partial charge is 0.394 e. The summed E-state index contributed by atoms with van der Waals surface area (Å²) in [7, 11) is -0.414. The Morgan fingerprint density at radius 2 is 2.04 bits per heavy atom. The van der Waals surface area contributed by atoms with Crippen LogP contribution in [-0.2, 0) is 28.4 Å². The van der Waals surface area contributed by atoms with Crippen LogP contribution >= 0.6 is 0 Å². The van der Waals surface area contributed by atoms with Gasteiger partial charge in [-0.05, 0) is 31.5 Å². The number of nitrogens with one attached hydrogen (secondary N) is 1. The van der Waals surface area contributed by atoms with Crippen molar-refractivity contribution in [2.45, 2.75) is 25.3 Å². The lowest BCUT2D eigenvalue weighted by Gasteiger charge is -2.19. The van der Waals surface area contributed by atoms with Crippen molar-refractivity contribution in [1.29, 1.82) is 0 Å². The first-order valence-corrected chi connectivity index (χ1v) is 10.0. The second-order valence-electron chi connectivity index (χ2n) is 6.25. The number of aromatic nitrogens is 3. The van der Waals surface area contributed by atoms with E-state index in [9.17, 15) is 8.42 Å². The maximum absolute atomic E-state index is 12.9. The van der Waals surface area contributed by atoms with Crippen molar-refractivity contribution in [3.05, 3.63) is 35.3 Å². The van der Waals surface area contributed by atoms with Crippen LogP contribution in [0.15, 0.2) is 23.2 Å². The molecule has 2 N–H and O–H groups in total. The lowest BCUT2D eigenvalue weighted by Crippen LogP contribution is -2.31. The van der Waals surface area contributed by atoms with Crippen LogP contribution in [0.3, 0.4) is 0 Å². The Morgan fingerprint density at radius 1 is 1.30 bits per heavy atom. The third kappa shape index (κ3) is 5.48. The lowest BCUT2D eigenvalue weighted by atomic mass is 10.3. The van der Waals surface area contributed by atoms with Gasteiger partial charge in [0.2, 0.25) is 10.0 Å². The van der Waals surface area contributed by atoms with Crippen LogP contribution in [0, 0.1) is 13.8 Å². The summed E-state index contributed by atoms with van der Waals surface area (Å²) in [6.07, 6.45) is 1.90. The van der Waals surface area contributed by atoms with Gasteiger partial charge in [-0.15, -0.1) is 0 Å². The highest BCUT2D eigenvalue weighted by molar-refractivity contribution is 7.89. The monoisotopic (exact) mass is 397 g/mol. The van der Waals surface area contributed by atoms with Crippen LogP contribution in [0.4, 0.5) is 5.82 Å². The van der Waals surface area contributed by atoms with Crippen molar-refractivity contribution in [2.24, 2.45) is 7.05 Å². The topological polar surface area (TPSA) is 110 Å². The zero-order valence-corrected chi connectivity index (χ0v) is 17.0. The molecule has 2 heterocycles. The van der Waals surface area contributed by atoms with E-state index in [2.05, 4.69) is 15.4 Å². The van der Waals surface area contributed by atoms with E-state index >= 15 is 0 Å². The third-order valence-electron chi connectivity index (χ3n) is 4.01. The molecule has 0 spiro atoms. The second-order valence-corrected chi connectivity index (χ2v) is 8.26. The molecule has 150 valence electrons. The number of hydrogen-bond donors (Lipinski definition) is 2. The third-order valence-corrected chi connectivity index (χ3v) is 5.90. The molecule has 0 atom stereocenters. The van der Waals surface area contributed by atoms with Crippen molar-refractivity contribution in [1.82, 2.24) is 19.1 Å². The molecule has 0 unspecified atom stereocenters. The van der Waals surface area contributed by atoms with Crippen LogP contribution in [-0.4, -0.2) is 66.0 Å². The minimum absolute atomic E-state index is 0.0979. The van der Waals surface area contributed by atoms with Gasteiger partial charge in [-0.2, -0.15) is 9.40 Å². The van der Waals surface area contributed by atoms with Crippen LogP contribution in [0.1, 0.15) is 17.0 Å². The minimum atomic E-state index is -3.74. The zero-order chi connectivity index (χ0) is 20.0. The molecule has 0 radical (unpaired) electrons. The number of pyridine rings is 1. The van der Waals surface area contributed by atoms with E-state index < -0.39 is 10.0 Å². The first kappa shape index (κ1) is 21.3. The van der Waals surface area contributed by atoms with Gasteiger partial charge in [0.25, 0.3) is 0 Å². The highest BCUT2D eigenvalue weighted by atomic mass is 32.2. The Morgan fingerprint density at radius 3 is 2.67 bits per heavy atom. The fraction of sp³-hybridized carbons (Fsp3) is 0.529. The summed E-state index contributed by atoms with van der Waals surface area (Å²) in [6, 6.07) is 3.22. The molecular weight excluding hydrogens is 370 g/mol. The smallest absolute Gasteiger partial charge is 0.246 e. The van der Waals surface area contributed by atoms with Crippen molar-refractivity contribution in [2.75, 3.05) is 38.7 Å². The zero-order valence-electron chi connectivity index (χ0n) is 16.1. The van der Waals surface area contributed by atoms with Crippen molar-refractivity contribution >= 4 is 15.8 Å². The predicted octanol–water partition coefficient (Wildman–Crippen LogP) is 0.673. The fourth-order valence-corrected chi connectivity index (χ4v) is 3.77. The number of ether oxygens (including phenoxy) is 1. The molecule has 27 heavy (non-hydrogen) atoms. The lowest BCUT2D eigenvalue weighted by molar-refractivity contribution is 0.0876. The van der Waals surface area contributed by atoms with Gasteiger partial charge in [-0.3, -0.25) is 4.68 Å². The van der Waals surface area contributed by atoms with E-state index in [1.807, 2.05) is 20.2 Å². The minimum Gasteiger partial charge on any atom is -0.394 e. The van der Waals surface area contributed by atoms with Crippen LogP contribution in [0.25, 0.3) is 0 Å². The Balaban J connectivity index is 2.19. The van der Waals surface area contributed by atoms with E-state index in [0.717, 1.165) is 11.3 Å². The molecule has 0 fully saturated rings. The normalized spacial score (nSPS) is 11.9. The van der Waals surface area contributed by atoms with Gasteiger partial charge in [0.1, 0.15) is 10.7 Å². The highest BCUT2D eigenvalue weighted by Crippen LogP contribution is 2.23. The molecule has 0 bridgehead atoms. The fourth-order valence-electron chi connectivity index (χ4n) is 2.52. The van der Waals surface area contributed by atoms with Crippen molar-refractivity contribution < 1.29 is 18.3 Å². The number of anilines is 1. The Bertz CT molecular complexity index is 866. The molecule has 2 rings (SSSR count). The molecule has 0 aliphatic rings. The second kappa shape index (κ2) is 9.27. The number of hydrogen-bond acceptors (Lipinski definition) is 7. The number of aliphatic hydroxyl groups excluding tert-OH is 1. The molecule has 0 saturated heterocycles. The first-order chi connectivity index (χ1) is 12.8. The van der Waals surface area contributed by atoms with Gasteiger partial charge in [0, 0.05) is 32.5 Å². The predicted molar refractivity (Wildman–Crippen MR) is 102 cm³/mol. The van der Waals surface area contributed by atoms with E-state index in [0.29, 0.717) is 18.1 Å². The number of sulfonamides is 1. The summed E-state index contributed by atoms with van der Waals surface area (Å²) in [5.74, 6) is 0.295. The van der Waals surface area contributed by atoms with Crippen LogP contribution < -0.4 is 5.32 Å². The molecule has 9 nitrogen and oxygen atoms in total. The standard InChI is InChI=1S/C17H27N5O4S/c1-13-12-21(3)20-15(13)11-18-17-16(6-5-14(2)19-17)27(24,25)22(4)7-9-26-10-8-23/h5-6,12,23H,7-11H2,1-4H3,(H,18,19). The average Bonchev–Trinajstić information content (AvgIpc) is 2.93. The van der Waals surface area contributed by atoms with E-state index in [-0.39, 0.29) is 31.3 Å². The Hall–Kier alpha value is -2.01. The van der Waals surface area contributed by atoms with Gasteiger partial charge in [0.05, 0.1) is 32.1 Å². The summed E-state index contributed by atoms with van der Waals surface area (Å²) in [5, 5.41) is 16.2. The van der Waals surface area contributed by atoms with Crippen molar-refractivity contribution in [3.8, 4) is 0 Å². The molecule has 2 aromatic heterocycles. The maximum atomic E-state index is 12.9. The number of rotatable bonds is 10. The summed E-state index contributed by atoms with van der Waals surface area (Å²) in [5.41, 5.74) is 2.55. The summed E-state index contributed by atoms with van der Waals surface area (Å²) in [4.78, 5) is 4.47. The van der Waals surface area contributed by atoms with E-state index in [1.165, 1.54) is 11.4 Å². The molecule has 0 amide bonds. The molecule has 10 heteroatoms. The quantitative estimate of drug-likeness (QED) is 0.567. The summed E-state index contributed by atoms with van der Waals surface area (Å²) in [6.45, 7) is 4.58. The maximum Gasteiger partial charge on any atom is 0.246 e. The molecule has 0 saturated carbocycles. The molecule has 2 aromatic rings. The van der Waals surface area contributed by atoms with E-state index in [4.69, 9.17) is 9.84 Å². The van der Waals surface area contributed by atoms with Gasteiger partial charge >= 0.3 is 0 Å². The molecule has 0 aliphatic heterocycles. The number of aryl methyl sites for hydroxylation is 3. The van der Waals surface area contributed by atoms with Gasteiger partial charge in [-0.1, -0.05) is 0 Å². The van der Waals surface area contributed by atoms with E-state index in [1.54, 1.807) is 23.7 Å². The Labute approximate surface area is 160 Å². The summed E-state index contributed by atoms with van der Waals surface area (Å²) < 4.78 is 34.0. The number of likely N-dealkylation sites (N-methyl/N-ethyl adjacent to an activating group) is 1. The molecular formula is C17H27N5O4S. The van der Waals surface area contributed by atoms with Crippen molar-refractivity contribution in [3.63, 3.8) is 0 Å². The van der Waals surface area contributed by atoms with Crippen LogP contribution in [0.2, 0.25) is 0 Å². The summed E-state index contributed by atoms with van der Waals surface area (Å²) >= 11 is 0. The van der Waals surface area contributed by atoms with Gasteiger partial charge in [0.15, 0.2) is 0 Å². The Kier molecular flexibility index (Phi) is 7.31. The highest BCUT2D eigenvalue weighted by Gasteiger charge is 2.25. The van der Waals surface area contributed by atoms with Gasteiger partial charge in [-0.25, -0.2) is 13.4 Å². The molecule has 0 aliphatic carbocycles. The SMILES string of the molecule is Cc1ccc(S(=O)(=O)N(C)CCOCCO)c(NCc2nn(C)cc2C)n1. The van der Waals surface area contributed by atoms with Crippen LogP contribution in [0.5, 0.6) is 0 Å². The number of aliphatic hydroxyl groups is 1. The first-order valence-electron chi connectivity index (χ1n) is 8.61. The molecule has 0 aromatic carbocycles. The van der Waals surface area contributed by atoms with Gasteiger partial charge < -0.3 is 15.2 Å².